The maximum absolute atomic E-state index is 14.8. The zero-order valence-corrected chi connectivity index (χ0v) is 53.3. The number of hydrogen-bond acceptors (Lipinski definition) is 23. The zero-order valence-electron chi connectivity index (χ0n) is 52.5. The van der Waals surface area contributed by atoms with E-state index in [1.54, 1.807) is 26.4 Å². The number of benzene rings is 4. The van der Waals surface area contributed by atoms with Crippen LogP contribution < -0.4 is 47.1 Å². The Morgan fingerprint density at radius 3 is 1.94 bits per heavy atom. The number of amides is 7. The molecule has 508 valence electrons. The first-order valence-electron chi connectivity index (χ1n) is 30.9. The molecule has 0 bridgehead atoms. The summed E-state index contributed by atoms with van der Waals surface area (Å²) in [6, 6.07) is 14.7. The van der Waals surface area contributed by atoms with Crippen LogP contribution in [0.4, 0.5) is 0 Å². The largest absolute Gasteiger partial charge is 0.504 e. The zero-order chi connectivity index (χ0) is 67.8. The van der Waals surface area contributed by atoms with Crippen LogP contribution in [0.5, 0.6) is 17.2 Å². The summed E-state index contributed by atoms with van der Waals surface area (Å²) >= 11 is 1.30. The van der Waals surface area contributed by atoms with Gasteiger partial charge in [0.2, 0.25) is 35.4 Å². The number of nitrogens with two attached hydrogens (primary N) is 1. The summed E-state index contributed by atoms with van der Waals surface area (Å²) in [5, 5.41) is 105. The fourth-order valence-corrected chi connectivity index (χ4v) is 12.1. The summed E-state index contributed by atoms with van der Waals surface area (Å²) in [4.78, 5) is 104. The second-order valence-corrected chi connectivity index (χ2v) is 24.4. The van der Waals surface area contributed by atoms with Crippen molar-refractivity contribution in [1.82, 2.24) is 51.9 Å². The molecule has 0 aliphatic carbocycles. The second kappa shape index (κ2) is 33.7. The number of aliphatic hydroxyl groups is 6. The van der Waals surface area contributed by atoms with Crippen molar-refractivity contribution in [1.29, 1.82) is 0 Å². The summed E-state index contributed by atoms with van der Waals surface area (Å²) in [5.41, 5.74) is 9.48. The van der Waals surface area contributed by atoms with Gasteiger partial charge in [-0.05, 0) is 73.0 Å². The molecule has 29 nitrogen and oxygen atoms in total. The van der Waals surface area contributed by atoms with Gasteiger partial charge in [-0.1, -0.05) is 72.9 Å². The van der Waals surface area contributed by atoms with Crippen LogP contribution in [0.15, 0.2) is 91.0 Å². The summed E-state index contributed by atoms with van der Waals surface area (Å²) < 4.78 is 21.5. The van der Waals surface area contributed by atoms with Crippen LogP contribution in [-0.4, -0.2) is 250 Å². The minimum Gasteiger partial charge on any atom is -0.504 e. The Hall–Kier alpha value is -8.27. The summed E-state index contributed by atoms with van der Waals surface area (Å²) in [6.07, 6.45) is -11.9. The Kier molecular flexibility index (Phi) is 25.7. The van der Waals surface area contributed by atoms with Crippen LogP contribution in [0.25, 0.3) is 32.3 Å². The highest BCUT2D eigenvalue weighted by Gasteiger charge is 2.50. The number of nitrogens with one attached hydrogen (secondary N) is 6. The Bertz CT molecular complexity index is 3380. The Morgan fingerprint density at radius 2 is 1.29 bits per heavy atom. The molecule has 0 spiro atoms. The molecule has 1 unspecified atom stereocenters. The number of phenolic OH excluding ortho intramolecular Hbond substituents is 1. The highest BCUT2D eigenvalue weighted by Crippen LogP contribution is 2.33. The van der Waals surface area contributed by atoms with Gasteiger partial charge in [0.05, 0.1) is 49.8 Å². The summed E-state index contributed by atoms with van der Waals surface area (Å²) in [6.45, 7) is 3.29. The second-order valence-electron chi connectivity index (χ2n) is 23.4. The fourth-order valence-electron chi connectivity index (χ4n) is 11.2. The minimum absolute atomic E-state index is 0.00133. The highest BCUT2D eigenvalue weighted by molar-refractivity contribution is 7.17. The molecular weight excluding hydrogens is 1240 g/mol. The molecule has 3 fully saturated rings. The molecule has 4 heterocycles. The van der Waals surface area contributed by atoms with Crippen LogP contribution in [0.2, 0.25) is 0 Å². The third-order valence-electron chi connectivity index (χ3n) is 16.4. The number of rotatable bonds is 23. The van der Waals surface area contributed by atoms with E-state index in [2.05, 4.69) is 42.1 Å². The topological polar surface area (TPSA) is 428 Å². The lowest BCUT2D eigenvalue weighted by atomic mass is 9.98. The smallest absolute Gasteiger partial charge is 0.251 e. The van der Waals surface area contributed by atoms with Gasteiger partial charge in [-0.15, -0.1) is 10.2 Å². The number of carbonyl (C=O) groups excluding carboxylic acids is 7. The number of ether oxygens (including phenoxy) is 4. The number of phenols is 1. The number of nitrogens with zero attached hydrogens (tertiary/aromatic N) is 4. The molecule has 0 radical (unpaired) electrons. The molecule has 7 amide bonds. The van der Waals surface area contributed by atoms with E-state index in [1.807, 2.05) is 48.5 Å². The van der Waals surface area contributed by atoms with Gasteiger partial charge >= 0.3 is 0 Å². The molecule has 5 aromatic rings. The molecule has 13 atom stereocenters. The van der Waals surface area contributed by atoms with E-state index < -0.39 is 152 Å². The first-order valence-corrected chi connectivity index (χ1v) is 31.7. The minimum atomic E-state index is -2.05. The van der Waals surface area contributed by atoms with Crippen molar-refractivity contribution in [2.24, 2.45) is 11.7 Å². The van der Waals surface area contributed by atoms with Gasteiger partial charge < -0.3 is 102 Å². The van der Waals surface area contributed by atoms with Gasteiger partial charge in [-0.2, -0.15) is 0 Å². The molecule has 4 aromatic carbocycles. The Morgan fingerprint density at radius 1 is 0.681 bits per heavy atom. The molecule has 30 heteroatoms. The number of aromatic hydroxyl groups is 1. The average molecular weight is 1330 g/mol. The van der Waals surface area contributed by atoms with Gasteiger partial charge in [0.25, 0.3) is 5.91 Å². The number of fused-ring (bicyclic) bond motifs is 2. The van der Waals surface area contributed by atoms with E-state index in [1.165, 1.54) is 48.6 Å². The molecule has 15 N–H and O–H groups in total. The van der Waals surface area contributed by atoms with Crippen molar-refractivity contribution < 1.29 is 88.3 Å². The van der Waals surface area contributed by atoms with Gasteiger partial charge in [0, 0.05) is 88.8 Å². The molecule has 3 saturated heterocycles. The lowest BCUT2D eigenvalue weighted by molar-refractivity contribution is -0.147. The van der Waals surface area contributed by atoms with Gasteiger partial charge in [-0.3, -0.25) is 33.6 Å². The fraction of sp³-hybridized carbons (Fsp3) is 0.484. The number of aliphatic hydroxyl groups excluding tert-OH is 6. The van der Waals surface area contributed by atoms with Crippen molar-refractivity contribution in [3.63, 3.8) is 0 Å². The van der Waals surface area contributed by atoms with E-state index in [-0.39, 0.29) is 48.7 Å². The first-order chi connectivity index (χ1) is 45.1. The first kappa shape index (κ1) is 71.6. The average Bonchev–Trinajstić information content (AvgIpc) is 1.63. The van der Waals surface area contributed by atoms with E-state index in [0.717, 1.165) is 39.2 Å². The quantitative estimate of drug-likeness (QED) is 0.0320. The predicted octanol–water partition coefficient (Wildman–Crippen LogP) is -1.82. The number of carbonyl (C=O) groups is 7. The number of β-amino-alcohol motifs (C(OH)–C–C–N with tert-alkyl or cyclic N) is 1. The molecule has 0 saturated carbocycles. The van der Waals surface area contributed by atoms with E-state index in [0.29, 0.717) is 48.5 Å². The Labute approximate surface area is 546 Å². The van der Waals surface area contributed by atoms with Gasteiger partial charge in [0.1, 0.15) is 65.2 Å². The van der Waals surface area contributed by atoms with Crippen molar-refractivity contribution in [2.75, 3.05) is 79.9 Å². The van der Waals surface area contributed by atoms with Gasteiger partial charge in [0.15, 0.2) is 11.5 Å². The standard InChI is InChI=1S/C64H83N11O18S/c1-34-32-75-54(55(34)82)60(87)67-31-42(77)29-45(68-56(83)39-8-12-41(13-9-39)62-73-72-61(94-62)40-10-6-37(7-11-40)38-14-16-44(17-15-38)92-26-25-91-4)57(84)69-51(35(2)76)63(88)74-33-43(78)30-46(74)58(85)70-52(59(86)71-53(64(75)89)48(80)19-20-65)49(81)27-36-5-18-47(79)50(28-36)93-24-22-66-21-23-90-3/h5-18,28,34-35,42-43,45-46,48-49,51-55,66,76-82H,19-27,29-33,65H2,1-4H3,(H,67,87)(H,68,83)(H,69,84)(H,70,85)(H,71,86)/t34-,35+,42+,43+,45?,46-,48+,49+,51-,52-,53-,54-,55-/m0/s1. The maximum Gasteiger partial charge on any atom is 0.251 e. The van der Waals surface area contributed by atoms with Gasteiger partial charge in [-0.25, -0.2) is 0 Å². The predicted molar refractivity (Wildman–Crippen MR) is 340 cm³/mol. The van der Waals surface area contributed by atoms with Crippen LogP contribution >= 0.6 is 11.3 Å². The van der Waals surface area contributed by atoms with Crippen LogP contribution in [0.1, 0.15) is 49.0 Å². The van der Waals surface area contributed by atoms with Crippen LogP contribution in [0.3, 0.4) is 0 Å². The van der Waals surface area contributed by atoms with Crippen molar-refractivity contribution in [3.8, 4) is 49.5 Å². The third-order valence-corrected chi connectivity index (χ3v) is 17.4. The number of hydrogen-bond donors (Lipinski definition) is 14. The number of methoxy groups -OCH3 is 2. The highest BCUT2D eigenvalue weighted by atomic mass is 32.1. The van der Waals surface area contributed by atoms with Crippen LogP contribution in [-0.2, 0) is 44.7 Å². The normalized spacial score (nSPS) is 24.4. The third kappa shape index (κ3) is 18.3. The van der Waals surface area contributed by atoms with E-state index >= 15 is 0 Å². The lowest BCUT2D eigenvalue weighted by Crippen LogP contribution is -2.64. The molecular formula is C64H83N11O18S. The Balaban J connectivity index is 1.05. The van der Waals surface area contributed by atoms with Crippen LogP contribution in [0, 0.1) is 5.92 Å². The van der Waals surface area contributed by atoms with E-state index in [9.17, 15) is 69.3 Å². The number of aromatic nitrogens is 2. The lowest BCUT2D eigenvalue weighted by Gasteiger charge is -2.34. The molecule has 8 rings (SSSR count). The summed E-state index contributed by atoms with van der Waals surface area (Å²) in [5.74, 6) is -7.91. The monoisotopic (exact) mass is 1330 g/mol. The molecule has 94 heavy (non-hydrogen) atoms. The molecule has 3 aliphatic rings. The van der Waals surface area contributed by atoms with Crippen molar-refractivity contribution in [3.05, 3.63) is 102 Å². The maximum atomic E-state index is 14.8. The molecule has 3 aliphatic heterocycles. The van der Waals surface area contributed by atoms with Crippen molar-refractivity contribution in [2.45, 2.75) is 112 Å². The van der Waals surface area contributed by atoms with E-state index in [4.69, 9.17) is 24.7 Å². The molecule has 1 aromatic heterocycles. The SMILES string of the molecule is COCCNCCOc1cc(C[C@@H](O)[C@@H]2NC(=O)[C@@H]3C[C@@H](O)CN3C(=O)[C@H]([C@@H](C)O)NC(=O)C(NC(=O)c3ccc(-c4nnc(-c5ccc(-c6ccc(OCCOC)cc6)cc5)s4)cc3)C[C@@H](O)CNC(=O)[C@@H]3[C@@H](O)[C@@H](C)CN3C(=O)[C@H]([C@H](O)CCN)NC2=O)ccc1O. The van der Waals surface area contributed by atoms with Crippen molar-refractivity contribution >= 4 is 52.7 Å². The summed E-state index contributed by atoms with van der Waals surface area (Å²) in [7, 11) is 3.15.